The summed E-state index contributed by atoms with van der Waals surface area (Å²) in [6, 6.07) is 17.1. The van der Waals surface area contributed by atoms with Gasteiger partial charge in [-0.1, -0.05) is 35.9 Å². The average molecular weight is 611 g/mol. The number of carbonyl (C=O) groups excluding carboxylic acids is 1. The standard InChI is InChI=1S/C12H12F5NO.C9H9F3.C6H6S.CH3NO/c13-7-4-9(18-8-2-1-3-8)6-10(5-7)19-12(16,17)11(14)15;1-6-3-4-7(2)8(5-6)9(10,11)12;7-6-4-2-1-3-5-6;2-1-3/h4-6,8,11,18H,1-3H2;3-5H,1-2H3;1-5,7H;1H,(H2,2,3). The molecular formula is C28H30F8N2O2S. The van der Waals surface area contributed by atoms with Gasteiger partial charge in [-0.15, -0.1) is 12.6 Å². The van der Waals surface area contributed by atoms with Crippen molar-refractivity contribution in [3.63, 3.8) is 0 Å². The summed E-state index contributed by atoms with van der Waals surface area (Å²) in [5.41, 5.74) is 4.77. The fraction of sp³-hybridized carbons (Fsp3) is 0.321. The van der Waals surface area contributed by atoms with Gasteiger partial charge in [-0.3, -0.25) is 4.79 Å². The van der Waals surface area contributed by atoms with E-state index in [9.17, 15) is 35.1 Å². The van der Waals surface area contributed by atoms with E-state index in [1.54, 1.807) is 13.0 Å². The van der Waals surface area contributed by atoms with Crippen molar-refractivity contribution in [3.05, 3.63) is 89.2 Å². The SMILES string of the molecule is Cc1ccc(C)c(C(F)(F)F)c1.Fc1cc(NC2CCC2)cc(OC(F)(F)C(F)F)c1.NC=O.Sc1ccccc1. The van der Waals surface area contributed by atoms with Crippen LogP contribution >= 0.6 is 12.6 Å². The van der Waals surface area contributed by atoms with E-state index >= 15 is 0 Å². The molecule has 0 heterocycles. The molecule has 3 aromatic rings. The highest BCUT2D eigenvalue weighted by atomic mass is 32.1. The zero-order chi connectivity index (χ0) is 31.2. The van der Waals surface area contributed by atoms with Gasteiger partial charge in [0.25, 0.3) is 0 Å². The van der Waals surface area contributed by atoms with E-state index in [-0.39, 0.29) is 23.7 Å². The molecule has 0 radical (unpaired) electrons. The van der Waals surface area contributed by atoms with Crippen LogP contribution in [0.15, 0.2) is 71.6 Å². The van der Waals surface area contributed by atoms with Crippen molar-refractivity contribution >= 4 is 24.7 Å². The number of carbonyl (C=O) groups is 1. The Morgan fingerprint density at radius 3 is 1.98 bits per heavy atom. The third-order valence-corrected chi connectivity index (χ3v) is 5.61. The molecule has 0 atom stereocenters. The van der Waals surface area contributed by atoms with E-state index in [2.05, 4.69) is 28.4 Å². The van der Waals surface area contributed by atoms with Crippen LogP contribution in [-0.4, -0.2) is 25.0 Å². The molecule has 226 valence electrons. The fourth-order valence-corrected chi connectivity index (χ4v) is 3.34. The number of benzene rings is 3. The molecule has 0 unspecified atom stereocenters. The summed E-state index contributed by atoms with van der Waals surface area (Å²) in [7, 11) is 0. The van der Waals surface area contributed by atoms with Gasteiger partial charge in [-0.25, -0.2) is 4.39 Å². The smallest absolute Gasteiger partial charge is 0.428 e. The number of alkyl halides is 7. The first kappa shape index (κ1) is 35.5. The van der Waals surface area contributed by atoms with E-state index in [0.29, 0.717) is 11.6 Å². The first-order chi connectivity index (χ1) is 19.1. The van der Waals surface area contributed by atoms with Crippen LogP contribution in [0.1, 0.15) is 36.0 Å². The number of amides is 1. The van der Waals surface area contributed by atoms with Crippen LogP contribution in [0.5, 0.6) is 5.75 Å². The third kappa shape index (κ3) is 13.6. The lowest BCUT2D eigenvalue weighted by atomic mass is 9.93. The lowest BCUT2D eigenvalue weighted by molar-refractivity contribution is -0.253. The Kier molecular flexibility index (Phi) is 14.5. The summed E-state index contributed by atoms with van der Waals surface area (Å²) in [4.78, 5) is 9.60. The Hall–Kier alpha value is -3.48. The summed E-state index contributed by atoms with van der Waals surface area (Å²) in [5.74, 6) is -1.46. The number of thiol groups is 1. The Morgan fingerprint density at radius 1 is 0.976 bits per heavy atom. The monoisotopic (exact) mass is 610 g/mol. The maximum absolute atomic E-state index is 13.2. The molecule has 0 saturated heterocycles. The number of halogens is 8. The molecule has 41 heavy (non-hydrogen) atoms. The van der Waals surface area contributed by atoms with Crippen LogP contribution in [0.4, 0.5) is 40.8 Å². The third-order valence-electron chi connectivity index (χ3n) is 5.31. The van der Waals surface area contributed by atoms with Gasteiger partial charge in [-0.05, 0) is 62.9 Å². The van der Waals surface area contributed by atoms with Crippen LogP contribution < -0.4 is 15.8 Å². The van der Waals surface area contributed by atoms with Crippen LogP contribution in [0.2, 0.25) is 0 Å². The van der Waals surface area contributed by atoms with E-state index in [4.69, 9.17) is 4.79 Å². The lowest BCUT2D eigenvalue weighted by Crippen LogP contribution is -2.33. The number of nitrogens with two attached hydrogens (primary N) is 1. The molecular weight excluding hydrogens is 580 g/mol. The van der Waals surface area contributed by atoms with Crippen LogP contribution in [0.25, 0.3) is 0 Å². The molecule has 0 aliphatic heterocycles. The van der Waals surface area contributed by atoms with Gasteiger partial charge in [0.15, 0.2) is 0 Å². The van der Waals surface area contributed by atoms with E-state index in [1.165, 1.54) is 13.0 Å². The predicted molar refractivity (Wildman–Crippen MR) is 144 cm³/mol. The average Bonchev–Trinajstić information content (AvgIpc) is 2.83. The van der Waals surface area contributed by atoms with Crippen molar-refractivity contribution in [3.8, 4) is 5.75 Å². The zero-order valence-electron chi connectivity index (χ0n) is 22.1. The molecule has 0 bridgehead atoms. The number of ether oxygens (including phenoxy) is 1. The Balaban J connectivity index is 0.000000324. The molecule has 0 spiro atoms. The lowest BCUT2D eigenvalue weighted by Gasteiger charge is -2.27. The van der Waals surface area contributed by atoms with Gasteiger partial charge < -0.3 is 15.8 Å². The number of anilines is 1. The number of rotatable bonds is 5. The second kappa shape index (κ2) is 16.7. The number of hydrogen-bond donors (Lipinski definition) is 3. The van der Waals surface area contributed by atoms with Crippen LogP contribution in [0, 0.1) is 19.7 Å². The largest absolute Gasteiger partial charge is 0.461 e. The molecule has 4 rings (SSSR count). The van der Waals surface area contributed by atoms with Crippen molar-refractivity contribution in [2.45, 2.75) is 62.8 Å². The summed E-state index contributed by atoms with van der Waals surface area (Å²) < 4.78 is 103. The molecule has 0 aromatic heterocycles. The van der Waals surface area contributed by atoms with Crippen LogP contribution in [-0.2, 0) is 11.0 Å². The van der Waals surface area contributed by atoms with Gasteiger partial charge in [0.05, 0.1) is 5.56 Å². The zero-order valence-corrected chi connectivity index (χ0v) is 23.0. The van der Waals surface area contributed by atoms with Crippen LogP contribution in [0.3, 0.4) is 0 Å². The van der Waals surface area contributed by atoms with Gasteiger partial charge >= 0.3 is 18.7 Å². The number of hydrogen-bond acceptors (Lipinski definition) is 4. The summed E-state index contributed by atoms with van der Waals surface area (Å²) in [6.07, 6.45) is -9.74. The second-order valence-electron chi connectivity index (χ2n) is 8.70. The minimum atomic E-state index is -4.64. The predicted octanol–water partition coefficient (Wildman–Crippen LogP) is 8.43. The molecule has 1 aliphatic carbocycles. The van der Waals surface area contributed by atoms with Crippen molar-refractivity contribution in [1.29, 1.82) is 0 Å². The molecule has 1 amide bonds. The van der Waals surface area contributed by atoms with E-state index in [1.807, 2.05) is 30.3 Å². The minimum absolute atomic E-state index is 0.158. The Morgan fingerprint density at radius 2 is 1.56 bits per heavy atom. The minimum Gasteiger partial charge on any atom is -0.428 e. The number of primary amides is 1. The second-order valence-corrected chi connectivity index (χ2v) is 9.22. The summed E-state index contributed by atoms with van der Waals surface area (Å²) in [6.45, 7) is 3.11. The van der Waals surface area contributed by atoms with Gasteiger partial charge in [0.2, 0.25) is 6.41 Å². The maximum atomic E-state index is 13.2. The van der Waals surface area contributed by atoms with Gasteiger partial charge in [-0.2, -0.15) is 30.7 Å². The first-order valence-corrected chi connectivity index (χ1v) is 12.5. The number of aryl methyl sites for hydroxylation is 2. The molecule has 1 aliphatic rings. The molecule has 3 aromatic carbocycles. The summed E-state index contributed by atoms with van der Waals surface area (Å²) in [5, 5.41) is 2.92. The fourth-order valence-electron chi connectivity index (χ4n) is 3.16. The molecule has 3 N–H and O–H groups in total. The topological polar surface area (TPSA) is 64.3 Å². The highest BCUT2D eigenvalue weighted by Crippen LogP contribution is 2.33. The molecule has 1 saturated carbocycles. The van der Waals surface area contributed by atoms with Crippen molar-refractivity contribution in [1.82, 2.24) is 0 Å². The highest BCUT2D eigenvalue weighted by Gasteiger charge is 2.44. The quantitative estimate of drug-likeness (QED) is 0.154. The van der Waals surface area contributed by atoms with Crippen molar-refractivity contribution < 1.29 is 44.7 Å². The van der Waals surface area contributed by atoms with E-state index in [0.717, 1.165) is 42.4 Å². The van der Waals surface area contributed by atoms with Gasteiger partial charge in [0.1, 0.15) is 11.6 Å². The van der Waals surface area contributed by atoms with Gasteiger partial charge in [0, 0.05) is 28.8 Å². The maximum Gasteiger partial charge on any atom is 0.461 e. The van der Waals surface area contributed by atoms with Crippen molar-refractivity contribution in [2.24, 2.45) is 5.73 Å². The Bertz CT molecular complexity index is 1210. The highest BCUT2D eigenvalue weighted by molar-refractivity contribution is 7.80. The first-order valence-electron chi connectivity index (χ1n) is 12.0. The summed E-state index contributed by atoms with van der Waals surface area (Å²) >= 11 is 4.08. The normalized spacial score (nSPS) is 12.8. The number of nitrogens with one attached hydrogen (secondary N) is 1. The Labute approximate surface area is 238 Å². The molecule has 13 heteroatoms. The molecule has 1 fully saturated rings. The molecule has 4 nitrogen and oxygen atoms in total. The van der Waals surface area contributed by atoms with Crippen molar-refractivity contribution in [2.75, 3.05) is 5.32 Å². The van der Waals surface area contributed by atoms with E-state index < -0.39 is 35.8 Å².